The lowest BCUT2D eigenvalue weighted by Gasteiger charge is -2.18. The van der Waals surface area contributed by atoms with Gasteiger partial charge in [0.05, 0.1) is 0 Å². The number of unbranched alkanes of at least 4 members (excludes halogenated alkanes) is 35. The third-order valence-corrected chi connectivity index (χ3v) is 13.5. The minimum atomic E-state index is -0.801. The van der Waals surface area contributed by atoms with Gasteiger partial charge in [-0.2, -0.15) is 0 Å². The Morgan fingerprint density at radius 3 is 0.845 bits per heavy atom. The van der Waals surface area contributed by atoms with Crippen molar-refractivity contribution in [2.45, 2.75) is 322 Å². The largest absolute Gasteiger partial charge is 0.462 e. The topological polar surface area (TPSA) is 78.9 Å². The van der Waals surface area contributed by atoms with Crippen LogP contribution < -0.4 is 0 Å². The summed E-state index contributed by atoms with van der Waals surface area (Å²) < 4.78 is 16.9. The van der Waals surface area contributed by atoms with Crippen LogP contribution in [0.2, 0.25) is 0 Å². The summed E-state index contributed by atoms with van der Waals surface area (Å²) in [6.45, 7) is 6.53. The molecule has 6 nitrogen and oxygen atoms in total. The molecule has 0 fully saturated rings. The van der Waals surface area contributed by atoms with Gasteiger partial charge in [0.2, 0.25) is 0 Å². The number of allylic oxidation sites excluding steroid dienone is 10. The second kappa shape index (κ2) is 59.7. The number of rotatable bonds is 56. The third kappa shape index (κ3) is 57.9. The summed E-state index contributed by atoms with van der Waals surface area (Å²) in [5.41, 5.74) is 0. The van der Waals surface area contributed by atoms with Crippen LogP contribution in [0.15, 0.2) is 60.8 Å². The van der Waals surface area contributed by atoms with Crippen LogP contribution in [-0.4, -0.2) is 37.2 Å². The average Bonchev–Trinajstić information content (AvgIpc) is 3.37. The normalized spacial score (nSPS) is 12.4. The Hall–Kier alpha value is -2.89. The lowest BCUT2D eigenvalue weighted by atomic mass is 10.0. The van der Waals surface area contributed by atoms with Crippen LogP contribution in [-0.2, 0) is 28.6 Å². The van der Waals surface area contributed by atoms with E-state index in [4.69, 9.17) is 14.2 Å². The Bertz CT molecular complexity index is 1280. The Balaban J connectivity index is 4.40. The van der Waals surface area contributed by atoms with Gasteiger partial charge in [0.15, 0.2) is 6.10 Å². The van der Waals surface area contributed by atoms with E-state index in [2.05, 4.69) is 81.5 Å². The molecule has 71 heavy (non-hydrogen) atoms. The molecule has 0 bridgehead atoms. The van der Waals surface area contributed by atoms with Crippen molar-refractivity contribution in [1.29, 1.82) is 0 Å². The van der Waals surface area contributed by atoms with Gasteiger partial charge < -0.3 is 14.2 Å². The standard InChI is InChI=1S/C65H116O6/c1-4-7-10-13-16-19-22-25-28-31-32-35-37-40-43-46-49-52-55-58-64(67)70-61-62(71-65(68)59-56-53-50-47-44-41-38-34-30-27-24-21-18-15-12-9-6-3)60-69-63(66)57-54-51-48-45-42-39-36-33-29-26-23-20-17-14-11-8-5-2/h9,12,18,21,27,30,38,41,47,50,62H,4-8,10-11,13-17,19-20,22-26,28-29,31-37,39-40,42-46,48-49,51-61H2,1-3H3/b12-9-,21-18-,30-27-,41-38-,50-47-/t62-/m1/s1. The summed E-state index contributed by atoms with van der Waals surface area (Å²) in [5, 5.41) is 0. The maximum Gasteiger partial charge on any atom is 0.306 e. The summed E-state index contributed by atoms with van der Waals surface area (Å²) in [4.78, 5) is 38.2. The third-order valence-electron chi connectivity index (χ3n) is 13.5. The molecule has 6 heteroatoms. The van der Waals surface area contributed by atoms with Crippen molar-refractivity contribution < 1.29 is 28.6 Å². The zero-order valence-corrected chi connectivity index (χ0v) is 47.2. The van der Waals surface area contributed by atoms with Gasteiger partial charge in [0.1, 0.15) is 13.2 Å². The van der Waals surface area contributed by atoms with Crippen molar-refractivity contribution in [1.82, 2.24) is 0 Å². The predicted octanol–water partition coefficient (Wildman–Crippen LogP) is 20.8. The van der Waals surface area contributed by atoms with E-state index in [1.807, 2.05) is 0 Å². The molecule has 0 unspecified atom stereocenters. The van der Waals surface area contributed by atoms with E-state index < -0.39 is 6.10 Å². The van der Waals surface area contributed by atoms with Crippen LogP contribution in [0.5, 0.6) is 0 Å². The lowest BCUT2D eigenvalue weighted by molar-refractivity contribution is -0.167. The van der Waals surface area contributed by atoms with Crippen LogP contribution in [0, 0.1) is 0 Å². The van der Waals surface area contributed by atoms with Crippen LogP contribution in [0.4, 0.5) is 0 Å². The summed E-state index contributed by atoms with van der Waals surface area (Å²) >= 11 is 0. The molecule has 0 aromatic rings. The Kier molecular flexibility index (Phi) is 57.2. The minimum Gasteiger partial charge on any atom is -0.462 e. The highest BCUT2D eigenvalue weighted by atomic mass is 16.6. The molecule has 0 amide bonds. The number of hydrogen-bond acceptors (Lipinski definition) is 6. The molecule has 0 N–H and O–H groups in total. The van der Waals surface area contributed by atoms with Crippen molar-refractivity contribution in [3.63, 3.8) is 0 Å². The van der Waals surface area contributed by atoms with Crippen molar-refractivity contribution >= 4 is 17.9 Å². The molecule has 0 saturated carbocycles. The molecule has 0 saturated heterocycles. The monoisotopic (exact) mass is 993 g/mol. The highest BCUT2D eigenvalue weighted by molar-refractivity contribution is 5.71. The first-order valence-corrected chi connectivity index (χ1v) is 30.8. The molecule has 0 aliphatic carbocycles. The molecule has 1 atom stereocenters. The summed E-state index contributed by atoms with van der Waals surface area (Å²) in [5.74, 6) is -0.932. The maximum absolute atomic E-state index is 12.9. The predicted molar refractivity (Wildman–Crippen MR) is 307 cm³/mol. The summed E-state index contributed by atoms with van der Waals surface area (Å²) in [7, 11) is 0. The van der Waals surface area contributed by atoms with E-state index in [1.54, 1.807) is 0 Å². The van der Waals surface area contributed by atoms with E-state index in [0.29, 0.717) is 19.3 Å². The molecule has 0 aromatic heterocycles. The van der Waals surface area contributed by atoms with Crippen LogP contribution in [0.1, 0.15) is 316 Å². The average molecular weight is 994 g/mol. The van der Waals surface area contributed by atoms with E-state index in [9.17, 15) is 14.4 Å². The van der Waals surface area contributed by atoms with Crippen molar-refractivity contribution in [3.05, 3.63) is 60.8 Å². The number of ether oxygens (including phenoxy) is 3. The SMILES string of the molecule is CC/C=C\C/C=C\C/C=C\C/C=C\C/C=C\CCCC(=O)O[C@H](COC(=O)CCCCCCCCCCCCCCCCCCC)COC(=O)CCCCCCCCCCCCCCCCCCCCC. The van der Waals surface area contributed by atoms with E-state index in [-0.39, 0.29) is 37.5 Å². The van der Waals surface area contributed by atoms with Gasteiger partial charge in [-0.3, -0.25) is 14.4 Å². The zero-order chi connectivity index (χ0) is 51.4. The first kappa shape index (κ1) is 68.1. The van der Waals surface area contributed by atoms with Gasteiger partial charge in [-0.25, -0.2) is 0 Å². The van der Waals surface area contributed by atoms with Crippen molar-refractivity contribution in [2.75, 3.05) is 13.2 Å². The molecular formula is C65H116O6. The van der Waals surface area contributed by atoms with E-state index in [1.165, 1.54) is 193 Å². The van der Waals surface area contributed by atoms with E-state index >= 15 is 0 Å². The van der Waals surface area contributed by atoms with E-state index in [0.717, 1.165) is 77.0 Å². The molecule has 0 radical (unpaired) electrons. The highest BCUT2D eigenvalue weighted by Gasteiger charge is 2.19. The highest BCUT2D eigenvalue weighted by Crippen LogP contribution is 2.17. The first-order chi connectivity index (χ1) is 35.0. The molecule has 0 heterocycles. The lowest BCUT2D eigenvalue weighted by Crippen LogP contribution is -2.30. The molecular weight excluding hydrogens is 877 g/mol. The quantitative estimate of drug-likeness (QED) is 0.0261. The molecule has 0 aliphatic rings. The summed E-state index contributed by atoms with van der Waals surface area (Å²) in [6, 6.07) is 0. The van der Waals surface area contributed by atoms with Crippen molar-refractivity contribution in [2.24, 2.45) is 0 Å². The fourth-order valence-corrected chi connectivity index (χ4v) is 8.95. The fourth-order valence-electron chi connectivity index (χ4n) is 8.95. The number of carbonyl (C=O) groups is 3. The molecule has 0 rings (SSSR count). The number of esters is 3. The fraction of sp³-hybridized carbons (Fsp3) is 0.800. The van der Waals surface area contributed by atoms with Gasteiger partial charge in [-0.05, 0) is 57.8 Å². The van der Waals surface area contributed by atoms with Gasteiger partial charge in [-0.15, -0.1) is 0 Å². The Morgan fingerprint density at radius 2 is 0.549 bits per heavy atom. The first-order valence-electron chi connectivity index (χ1n) is 30.8. The molecule has 412 valence electrons. The van der Waals surface area contributed by atoms with Crippen molar-refractivity contribution in [3.8, 4) is 0 Å². The van der Waals surface area contributed by atoms with Crippen LogP contribution in [0.25, 0.3) is 0 Å². The Labute approximate surface area is 440 Å². The van der Waals surface area contributed by atoms with Crippen LogP contribution >= 0.6 is 0 Å². The summed E-state index contributed by atoms with van der Waals surface area (Å²) in [6.07, 6.45) is 75.1. The van der Waals surface area contributed by atoms with Crippen LogP contribution in [0.3, 0.4) is 0 Å². The zero-order valence-electron chi connectivity index (χ0n) is 47.2. The van der Waals surface area contributed by atoms with Gasteiger partial charge in [-0.1, -0.05) is 300 Å². The Morgan fingerprint density at radius 1 is 0.296 bits per heavy atom. The second-order valence-electron chi connectivity index (χ2n) is 20.6. The minimum absolute atomic E-state index is 0.0924. The van der Waals surface area contributed by atoms with Gasteiger partial charge in [0, 0.05) is 19.3 Å². The smallest absolute Gasteiger partial charge is 0.306 e. The maximum atomic E-state index is 12.9. The number of carbonyl (C=O) groups excluding carboxylic acids is 3. The number of hydrogen-bond donors (Lipinski definition) is 0. The van der Waals surface area contributed by atoms with Gasteiger partial charge >= 0.3 is 17.9 Å². The molecule has 0 aliphatic heterocycles. The second-order valence-corrected chi connectivity index (χ2v) is 20.6. The molecule has 0 aromatic carbocycles. The van der Waals surface area contributed by atoms with Gasteiger partial charge in [0.25, 0.3) is 0 Å². The molecule has 0 spiro atoms.